The van der Waals surface area contributed by atoms with Crippen LogP contribution in [0, 0.1) is 0 Å². The number of aromatic nitrogens is 1. The molecular formula is C18H23N3O. The van der Waals surface area contributed by atoms with Crippen LogP contribution in [0.3, 0.4) is 0 Å². The molecule has 0 unspecified atom stereocenters. The fourth-order valence-electron chi connectivity index (χ4n) is 3.55. The summed E-state index contributed by atoms with van der Waals surface area (Å²) in [7, 11) is 0. The second-order valence-electron chi connectivity index (χ2n) is 6.18. The van der Waals surface area contributed by atoms with Gasteiger partial charge in [-0.1, -0.05) is 0 Å². The van der Waals surface area contributed by atoms with Gasteiger partial charge in [-0.05, 0) is 43.5 Å². The third-order valence-electron chi connectivity index (χ3n) is 4.78. The summed E-state index contributed by atoms with van der Waals surface area (Å²) < 4.78 is 5.49. The average molecular weight is 297 g/mol. The van der Waals surface area contributed by atoms with Crippen molar-refractivity contribution in [1.82, 2.24) is 4.98 Å². The third kappa shape index (κ3) is 2.63. The molecule has 2 fully saturated rings. The molecule has 2 aliphatic heterocycles. The van der Waals surface area contributed by atoms with Crippen molar-refractivity contribution in [3.63, 3.8) is 0 Å². The van der Waals surface area contributed by atoms with Crippen molar-refractivity contribution in [3.8, 4) is 0 Å². The molecule has 3 heterocycles. The second-order valence-corrected chi connectivity index (χ2v) is 6.18. The van der Waals surface area contributed by atoms with E-state index in [4.69, 9.17) is 4.74 Å². The summed E-state index contributed by atoms with van der Waals surface area (Å²) in [5, 5.41) is 1.27. The lowest BCUT2D eigenvalue weighted by Gasteiger charge is -2.31. The molecule has 2 aliphatic rings. The third-order valence-corrected chi connectivity index (χ3v) is 4.78. The Kier molecular flexibility index (Phi) is 3.85. The van der Waals surface area contributed by atoms with E-state index in [1.165, 1.54) is 49.1 Å². The maximum atomic E-state index is 5.49. The molecule has 116 valence electrons. The molecule has 0 amide bonds. The van der Waals surface area contributed by atoms with Gasteiger partial charge in [-0.3, -0.25) is 4.98 Å². The highest BCUT2D eigenvalue weighted by Gasteiger charge is 2.16. The zero-order chi connectivity index (χ0) is 14.8. The maximum absolute atomic E-state index is 5.49. The monoisotopic (exact) mass is 297 g/mol. The van der Waals surface area contributed by atoms with Crippen LogP contribution in [0.15, 0.2) is 30.5 Å². The number of hydrogen-bond acceptors (Lipinski definition) is 4. The van der Waals surface area contributed by atoms with Crippen molar-refractivity contribution in [2.24, 2.45) is 0 Å². The summed E-state index contributed by atoms with van der Waals surface area (Å²) in [4.78, 5) is 9.48. The number of hydrogen-bond donors (Lipinski definition) is 0. The van der Waals surface area contributed by atoms with E-state index >= 15 is 0 Å². The van der Waals surface area contributed by atoms with E-state index in [0.29, 0.717) is 0 Å². The van der Waals surface area contributed by atoms with Gasteiger partial charge in [0.25, 0.3) is 0 Å². The van der Waals surface area contributed by atoms with E-state index in [0.717, 1.165) is 31.8 Å². The van der Waals surface area contributed by atoms with E-state index in [1.807, 2.05) is 6.20 Å². The highest BCUT2D eigenvalue weighted by atomic mass is 16.5. The van der Waals surface area contributed by atoms with E-state index in [1.54, 1.807) is 0 Å². The normalized spacial score (nSPS) is 19.6. The quantitative estimate of drug-likeness (QED) is 0.852. The van der Waals surface area contributed by atoms with Crippen LogP contribution in [0.5, 0.6) is 0 Å². The average Bonchev–Trinajstić information content (AvgIpc) is 2.62. The Balaban J connectivity index is 1.72. The summed E-state index contributed by atoms with van der Waals surface area (Å²) in [5.41, 5.74) is 3.73. The number of fused-ring (bicyclic) bond motifs is 1. The van der Waals surface area contributed by atoms with Gasteiger partial charge < -0.3 is 14.5 Å². The van der Waals surface area contributed by atoms with E-state index in [9.17, 15) is 0 Å². The van der Waals surface area contributed by atoms with Crippen molar-refractivity contribution in [3.05, 3.63) is 30.5 Å². The molecule has 0 radical (unpaired) electrons. The Morgan fingerprint density at radius 1 is 0.864 bits per heavy atom. The molecule has 2 saturated heterocycles. The Morgan fingerprint density at radius 3 is 2.50 bits per heavy atom. The molecule has 1 aromatic carbocycles. The highest BCUT2D eigenvalue weighted by Crippen LogP contribution is 2.30. The predicted molar refractivity (Wildman–Crippen MR) is 90.8 cm³/mol. The van der Waals surface area contributed by atoms with Crippen LogP contribution in [0.1, 0.15) is 19.3 Å². The van der Waals surface area contributed by atoms with Crippen LogP contribution in [-0.2, 0) is 4.74 Å². The molecule has 0 bridgehead atoms. The largest absolute Gasteiger partial charge is 0.378 e. The van der Waals surface area contributed by atoms with Crippen molar-refractivity contribution in [2.75, 3.05) is 49.2 Å². The van der Waals surface area contributed by atoms with Gasteiger partial charge in [0, 0.05) is 49.1 Å². The van der Waals surface area contributed by atoms with Crippen molar-refractivity contribution >= 4 is 22.3 Å². The minimum absolute atomic E-state index is 0.815. The number of ether oxygens (including phenoxy) is 1. The summed E-state index contributed by atoms with van der Waals surface area (Å²) in [6.45, 7) is 5.92. The molecule has 0 atom stereocenters. The zero-order valence-corrected chi connectivity index (χ0v) is 13.0. The molecule has 4 heteroatoms. The van der Waals surface area contributed by atoms with Gasteiger partial charge in [0.2, 0.25) is 0 Å². The Bertz CT molecular complexity index is 646. The molecule has 0 saturated carbocycles. The molecule has 4 nitrogen and oxygen atoms in total. The highest BCUT2D eigenvalue weighted by molar-refractivity contribution is 5.94. The van der Waals surface area contributed by atoms with Crippen LogP contribution >= 0.6 is 0 Å². The molecule has 0 spiro atoms. The van der Waals surface area contributed by atoms with E-state index < -0.39 is 0 Å². The lowest BCUT2D eigenvalue weighted by Crippen LogP contribution is -2.36. The smallest absolute Gasteiger partial charge is 0.0724 e. The van der Waals surface area contributed by atoms with Gasteiger partial charge in [0.15, 0.2) is 0 Å². The lowest BCUT2D eigenvalue weighted by atomic mass is 10.1. The first-order valence-electron chi connectivity index (χ1n) is 8.38. The van der Waals surface area contributed by atoms with Gasteiger partial charge in [0.1, 0.15) is 0 Å². The first-order valence-corrected chi connectivity index (χ1v) is 8.38. The van der Waals surface area contributed by atoms with Gasteiger partial charge in [0.05, 0.1) is 18.7 Å². The van der Waals surface area contributed by atoms with E-state index in [2.05, 4.69) is 39.0 Å². The molecule has 0 aliphatic carbocycles. The SMILES string of the molecule is c1cc(N2CCOCC2)c2cc(N3CCCCC3)ccc2n1. The number of anilines is 2. The van der Waals surface area contributed by atoms with Crippen molar-refractivity contribution < 1.29 is 4.74 Å². The Hall–Kier alpha value is -1.81. The van der Waals surface area contributed by atoms with Crippen LogP contribution in [-0.4, -0.2) is 44.4 Å². The Labute approximate surface area is 131 Å². The number of rotatable bonds is 2. The molecule has 2 aromatic rings. The lowest BCUT2D eigenvalue weighted by molar-refractivity contribution is 0.123. The van der Waals surface area contributed by atoms with Gasteiger partial charge >= 0.3 is 0 Å². The van der Waals surface area contributed by atoms with E-state index in [-0.39, 0.29) is 0 Å². The number of benzene rings is 1. The molecular weight excluding hydrogens is 274 g/mol. The van der Waals surface area contributed by atoms with Gasteiger partial charge in [-0.15, -0.1) is 0 Å². The minimum atomic E-state index is 0.815. The second kappa shape index (κ2) is 6.13. The summed E-state index contributed by atoms with van der Waals surface area (Å²) in [6, 6.07) is 8.87. The fourth-order valence-corrected chi connectivity index (χ4v) is 3.55. The van der Waals surface area contributed by atoms with Crippen LogP contribution in [0.2, 0.25) is 0 Å². The maximum Gasteiger partial charge on any atom is 0.0724 e. The molecule has 22 heavy (non-hydrogen) atoms. The topological polar surface area (TPSA) is 28.6 Å². The molecule has 4 rings (SSSR count). The standard InChI is InChI=1S/C18H23N3O/c1-2-8-20(9-3-1)15-4-5-17-16(14-15)18(6-7-19-17)21-10-12-22-13-11-21/h4-7,14H,1-3,8-13H2. The van der Waals surface area contributed by atoms with Crippen LogP contribution in [0.4, 0.5) is 11.4 Å². The van der Waals surface area contributed by atoms with Gasteiger partial charge in [-0.25, -0.2) is 0 Å². The fraction of sp³-hybridized carbons (Fsp3) is 0.500. The zero-order valence-electron chi connectivity index (χ0n) is 13.0. The molecule has 1 aromatic heterocycles. The summed E-state index contributed by atoms with van der Waals surface area (Å²) >= 11 is 0. The van der Waals surface area contributed by atoms with Crippen molar-refractivity contribution in [1.29, 1.82) is 0 Å². The number of morpholine rings is 1. The van der Waals surface area contributed by atoms with Crippen LogP contribution in [0.25, 0.3) is 10.9 Å². The first kappa shape index (κ1) is 13.8. The molecule has 0 N–H and O–H groups in total. The van der Waals surface area contributed by atoms with Gasteiger partial charge in [-0.2, -0.15) is 0 Å². The van der Waals surface area contributed by atoms with Crippen LogP contribution < -0.4 is 9.80 Å². The number of pyridine rings is 1. The number of nitrogens with zero attached hydrogens (tertiary/aromatic N) is 3. The Morgan fingerprint density at radius 2 is 1.68 bits per heavy atom. The number of piperidine rings is 1. The van der Waals surface area contributed by atoms with Crippen molar-refractivity contribution in [2.45, 2.75) is 19.3 Å². The summed E-state index contributed by atoms with van der Waals surface area (Å²) in [6.07, 6.45) is 5.90. The first-order chi connectivity index (χ1) is 10.9. The summed E-state index contributed by atoms with van der Waals surface area (Å²) in [5.74, 6) is 0. The predicted octanol–water partition coefficient (Wildman–Crippen LogP) is 3.06. The minimum Gasteiger partial charge on any atom is -0.378 e.